The summed E-state index contributed by atoms with van der Waals surface area (Å²) in [6, 6.07) is 16.1. The number of nitrogens with zero attached hydrogens (tertiary/aromatic N) is 3. The lowest BCUT2D eigenvalue weighted by Crippen LogP contribution is -2.45. The van der Waals surface area contributed by atoms with Crippen molar-refractivity contribution in [3.8, 4) is 11.5 Å². The summed E-state index contributed by atoms with van der Waals surface area (Å²) in [7, 11) is 2.13. The first kappa shape index (κ1) is 22.5. The van der Waals surface area contributed by atoms with Crippen LogP contribution in [0.4, 0.5) is 10.1 Å². The van der Waals surface area contributed by atoms with Crippen molar-refractivity contribution < 1.29 is 13.9 Å². The topological polar surface area (TPSA) is 57.7 Å². The largest absolute Gasteiger partial charge is 0.453 e. The minimum absolute atomic E-state index is 0.102. The number of rotatable bonds is 7. The average molecular weight is 447 g/mol. The van der Waals surface area contributed by atoms with E-state index in [9.17, 15) is 9.18 Å². The Labute approximate surface area is 193 Å². The lowest BCUT2D eigenvalue weighted by atomic mass is 10.1. The van der Waals surface area contributed by atoms with Gasteiger partial charge in [-0.05, 0) is 54.6 Å². The monoisotopic (exact) mass is 446 g/mol. The van der Waals surface area contributed by atoms with Crippen molar-refractivity contribution in [2.45, 2.75) is 6.54 Å². The maximum atomic E-state index is 14.4. The van der Waals surface area contributed by atoms with Gasteiger partial charge in [0, 0.05) is 50.7 Å². The number of pyridine rings is 1. The maximum Gasteiger partial charge on any atom is 0.244 e. The van der Waals surface area contributed by atoms with Crippen LogP contribution in [0, 0.1) is 5.82 Å². The van der Waals surface area contributed by atoms with Crippen LogP contribution in [0.5, 0.6) is 11.5 Å². The molecule has 0 saturated carbocycles. The first-order valence-electron chi connectivity index (χ1n) is 10.9. The third kappa shape index (κ3) is 6.17. The highest BCUT2D eigenvalue weighted by Gasteiger charge is 2.16. The standard InChI is InChI=1S/C26H27FN4O2/c1-30-13-15-31(16-14-30)24-7-3-2-5-21(24)18-29-26(32)11-9-20-8-10-25(23(27)17-20)33-22-6-4-12-28-19-22/h2-12,17,19H,13-16,18H2,1H3,(H,29,32)/b11-9+. The molecule has 4 rings (SSSR count). The number of aromatic nitrogens is 1. The number of carbonyl (C=O) groups excluding carboxylic acids is 1. The predicted octanol–water partition coefficient (Wildman–Crippen LogP) is 4.09. The van der Waals surface area contributed by atoms with Gasteiger partial charge in [0.2, 0.25) is 5.91 Å². The van der Waals surface area contributed by atoms with Crippen molar-refractivity contribution in [3.05, 3.63) is 90.0 Å². The van der Waals surface area contributed by atoms with Gasteiger partial charge in [0.15, 0.2) is 11.6 Å². The molecule has 1 aromatic heterocycles. The minimum atomic E-state index is -0.512. The first-order valence-corrected chi connectivity index (χ1v) is 10.9. The summed E-state index contributed by atoms with van der Waals surface area (Å²) in [5.41, 5.74) is 2.80. The summed E-state index contributed by atoms with van der Waals surface area (Å²) >= 11 is 0. The van der Waals surface area contributed by atoms with Gasteiger partial charge in [-0.1, -0.05) is 24.3 Å². The summed E-state index contributed by atoms with van der Waals surface area (Å²) < 4.78 is 19.9. The highest BCUT2D eigenvalue weighted by molar-refractivity contribution is 5.91. The van der Waals surface area contributed by atoms with Crippen molar-refractivity contribution in [2.75, 3.05) is 38.1 Å². The molecular formula is C26H27FN4O2. The number of carbonyl (C=O) groups is 1. The molecule has 0 atom stereocenters. The lowest BCUT2D eigenvalue weighted by Gasteiger charge is -2.35. The second kappa shape index (κ2) is 10.7. The number of para-hydroxylation sites is 1. The fourth-order valence-corrected chi connectivity index (χ4v) is 3.67. The average Bonchev–Trinajstić information content (AvgIpc) is 2.84. The SMILES string of the molecule is CN1CCN(c2ccccc2CNC(=O)/C=C/c2ccc(Oc3cccnc3)c(F)c2)CC1. The molecule has 1 aliphatic heterocycles. The molecule has 0 unspecified atom stereocenters. The number of anilines is 1. The van der Waals surface area contributed by atoms with E-state index in [4.69, 9.17) is 4.74 Å². The van der Waals surface area contributed by atoms with Gasteiger partial charge in [-0.2, -0.15) is 0 Å². The van der Waals surface area contributed by atoms with Crippen LogP contribution in [0.3, 0.4) is 0 Å². The molecule has 33 heavy (non-hydrogen) atoms. The Kier molecular flexibility index (Phi) is 7.32. The number of hydrogen-bond donors (Lipinski definition) is 1. The summed E-state index contributed by atoms with van der Waals surface area (Å²) in [6.07, 6.45) is 6.13. The molecule has 1 amide bonds. The number of halogens is 1. The van der Waals surface area contributed by atoms with E-state index in [1.165, 1.54) is 24.4 Å². The second-order valence-electron chi connectivity index (χ2n) is 7.95. The highest BCUT2D eigenvalue weighted by Crippen LogP contribution is 2.25. The zero-order chi connectivity index (χ0) is 23.0. The van der Waals surface area contributed by atoms with E-state index in [-0.39, 0.29) is 11.7 Å². The van der Waals surface area contributed by atoms with Crippen molar-refractivity contribution in [2.24, 2.45) is 0 Å². The maximum absolute atomic E-state index is 14.4. The van der Waals surface area contributed by atoms with Crippen LogP contribution in [-0.4, -0.2) is 49.0 Å². The number of nitrogens with one attached hydrogen (secondary N) is 1. The summed E-state index contributed by atoms with van der Waals surface area (Å²) in [5, 5.41) is 2.93. The lowest BCUT2D eigenvalue weighted by molar-refractivity contribution is -0.116. The summed E-state index contributed by atoms with van der Waals surface area (Å²) in [5.74, 6) is -0.192. The van der Waals surface area contributed by atoms with E-state index in [1.807, 2.05) is 18.2 Å². The van der Waals surface area contributed by atoms with Gasteiger partial charge in [0.1, 0.15) is 5.75 Å². The molecule has 1 fully saturated rings. The van der Waals surface area contributed by atoms with Gasteiger partial charge in [-0.15, -0.1) is 0 Å². The fourth-order valence-electron chi connectivity index (χ4n) is 3.67. The van der Waals surface area contributed by atoms with Crippen LogP contribution in [0.25, 0.3) is 6.08 Å². The molecule has 2 aromatic carbocycles. The van der Waals surface area contributed by atoms with Gasteiger partial charge in [0.05, 0.1) is 6.20 Å². The molecule has 2 heterocycles. The summed E-state index contributed by atoms with van der Waals surface area (Å²) in [6.45, 7) is 4.40. The quantitative estimate of drug-likeness (QED) is 0.554. The number of amides is 1. The number of piperazine rings is 1. The third-order valence-corrected chi connectivity index (χ3v) is 5.53. The normalized spacial score (nSPS) is 14.4. The van der Waals surface area contributed by atoms with Gasteiger partial charge >= 0.3 is 0 Å². The number of hydrogen-bond acceptors (Lipinski definition) is 5. The minimum Gasteiger partial charge on any atom is -0.453 e. The van der Waals surface area contributed by atoms with Gasteiger partial charge in [-0.25, -0.2) is 4.39 Å². The Morgan fingerprint density at radius 1 is 1.12 bits per heavy atom. The van der Waals surface area contributed by atoms with E-state index in [2.05, 4.69) is 33.2 Å². The van der Waals surface area contributed by atoms with Crippen LogP contribution in [0.2, 0.25) is 0 Å². The molecule has 7 heteroatoms. The molecule has 6 nitrogen and oxygen atoms in total. The third-order valence-electron chi connectivity index (χ3n) is 5.53. The molecule has 1 aliphatic rings. The zero-order valence-electron chi connectivity index (χ0n) is 18.6. The first-order chi connectivity index (χ1) is 16.1. The van der Waals surface area contributed by atoms with Crippen molar-refractivity contribution >= 4 is 17.7 Å². The zero-order valence-corrected chi connectivity index (χ0v) is 18.6. The molecule has 1 N–H and O–H groups in total. The second-order valence-corrected chi connectivity index (χ2v) is 7.95. The summed E-state index contributed by atoms with van der Waals surface area (Å²) in [4.78, 5) is 21.0. The highest BCUT2D eigenvalue weighted by atomic mass is 19.1. The Morgan fingerprint density at radius 3 is 2.70 bits per heavy atom. The van der Waals surface area contributed by atoms with Crippen LogP contribution < -0.4 is 15.0 Å². The van der Waals surface area contributed by atoms with E-state index >= 15 is 0 Å². The van der Waals surface area contributed by atoms with Crippen LogP contribution in [0.1, 0.15) is 11.1 Å². The Morgan fingerprint density at radius 2 is 1.94 bits per heavy atom. The van der Waals surface area contributed by atoms with Gasteiger partial charge in [-0.3, -0.25) is 9.78 Å². The molecular weight excluding hydrogens is 419 g/mol. The van der Waals surface area contributed by atoms with E-state index in [0.717, 1.165) is 37.4 Å². The molecule has 0 radical (unpaired) electrons. The molecule has 3 aromatic rings. The van der Waals surface area contributed by atoms with Gasteiger partial charge < -0.3 is 19.9 Å². The van der Waals surface area contributed by atoms with Crippen molar-refractivity contribution in [1.29, 1.82) is 0 Å². The predicted molar refractivity (Wildman–Crippen MR) is 128 cm³/mol. The molecule has 170 valence electrons. The Balaban J connectivity index is 1.34. The van der Waals surface area contributed by atoms with Crippen molar-refractivity contribution in [1.82, 2.24) is 15.2 Å². The number of likely N-dealkylation sites (N-methyl/N-ethyl adjacent to an activating group) is 1. The van der Waals surface area contributed by atoms with Crippen molar-refractivity contribution in [3.63, 3.8) is 0 Å². The Hall–Kier alpha value is -3.71. The number of benzene rings is 2. The molecule has 0 bridgehead atoms. The van der Waals surface area contributed by atoms with Crippen LogP contribution in [0.15, 0.2) is 73.1 Å². The van der Waals surface area contributed by atoms with Crippen LogP contribution in [-0.2, 0) is 11.3 Å². The molecule has 1 saturated heterocycles. The van der Waals surface area contributed by atoms with E-state index < -0.39 is 5.82 Å². The smallest absolute Gasteiger partial charge is 0.244 e. The number of ether oxygens (including phenoxy) is 1. The molecule has 0 spiro atoms. The van der Waals surface area contributed by atoms with Gasteiger partial charge in [0.25, 0.3) is 0 Å². The van der Waals surface area contributed by atoms with Crippen LogP contribution >= 0.6 is 0 Å². The van der Waals surface area contributed by atoms with E-state index in [0.29, 0.717) is 17.9 Å². The van der Waals surface area contributed by atoms with E-state index in [1.54, 1.807) is 30.5 Å². The molecule has 0 aliphatic carbocycles. The fraction of sp³-hybridized carbons (Fsp3) is 0.231. The Bertz CT molecular complexity index is 1110.